The highest BCUT2D eigenvalue weighted by molar-refractivity contribution is 9.10. The van der Waals surface area contributed by atoms with E-state index in [2.05, 4.69) is 50.6 Å². The molecule has 84 valence electrons. The van der Waals surface area contributed by atoms with Crippen LogP contribution in [0.1, 0.15) is 5.69 Å². The molecule has 0 aliphatic rings. The molecule has 3 heteroatoms. The maximum atomic E-state index is 4.63. The molecule has 3 aromatic rings. The minimum Gasteiger partial charge on any atom is -0.303 e. The van der Waals surface area contributed by atoms with Gasteiger partial charge in [0.1, 0.15) is 5.65 Å². The largest absolute Gasteiger partial charge is 0.303 e. The molecule has 1 aromatic carbocycles. The van der Waals surface area contributed by atoms with Gasteiger partial charge in [0.2, 0.25) is 0 Å². The van der Waals surface area contributed by atoms with Crippen LogP contribution in [0.5, 0.6) is 0 Å². The number of hydrogen-bond acceptors (Lipinski definition) is 1. The van der Waals surface area contributed by atoms with Crippen molar-refractivity contribution in [3.63, 3.8) is 0 Å². The number of aromatic nitrogens is 2. The molecule has 0 aliphatic heterocycles. The molecule has 0 bridgehead atoms. The van der Waals surface area contributed by atoms with Crippen molar-refractivity contribution >= 4 is 21.6 Å². The average molecular weight is 287 g/mol. The van der Waals surface area contributed by atoms with Gasteiger partial charge in [0.15, 0.2) is 0 Å². The Hall–Kier alpha value is -1.61. The van der Waals surface area contributed by atoms with Crippen molar-refractivity contribution < 1.29 is 0 Å². The van der Waals surface area contributed by atoms with Crippen LogP contribution in [0, 0.1) is 6.92 Å². The van der Waals surface area contributed by atoms with Gasteiger partial charge in [-0.25, -0.2) is 4.98 Å². The Morgan fingerprint density at radius 3 is 2.59 bits per heavy atom. The third-order valence-corrected chi connectivity index (χ3v) is 3.73. The monoisotopic (exact) mass is 286 g/mol. The van der Waals surface area contributed by atoms with E-state index in [-0.39, 0.29) is 0 Å². The highest BCUT2D eigenvalue weighted by atomic mass is 79.9. The van der Waals surface area contributed by atoms with Crippen LogP contribution < -0.4 is 0 Å². The number of aryl methyl sites for hydroxylation is 1. The molecule has 0 saturated carbocycles. The first-order valence-electron chi connectivity index (χ1n) is 5.45. The first-order valence-corrected chi connectivity index (χ1v) is 6.24. The van der Waals surface area contributed by atoms with Crippen LogP contribution in [-0.4, -0.2) is 9.38 Å². The molecule has 0 aliphatic carbocycles. The van der Waals surface area contributed by atoms with Crippen LogP contribution in [-0.2, 0) is 0 Å². The third kappa shape index (κ3) is 1.76. The van der Waals surface area contributed by atoms with Crippen LogP contribution in [0.15, 0.2) is 53.1 Å². The number of hydrogen-bond donors (Lipinski definition) is 0. The Balaban J connectivity index is 2.24. The number of fused-ring (bicyclic) bond motifs is 1. The fourth-order valence-corrected chi connectivity index (χ4v) is 2.24. The zero-order chi connectivity index (χ0) is 11.8. The lowest BCUT2D eigenvalue weighted by Crippen LogP contribution is -1.89. The molecule has 0 radical (unpaired) electrons. The van der Waals surface area contributed by atoms with Crippen LogP contribution >= 0.6 is 15.9 Å². The lowest BCUT2D eigenvalue weighted by molar-refractivity contribution is 1.08. The van der Waals surface area contributed by atoms with Gasteiger partial charge in [-0.15, -0.1) is 0 Å². The lowest BCUT2D eigenvalue weighted by Gasteiger charge is -2.00. The zero-order valence-corrected chi connectivity index (χ0v) is 11.0. The molecule has 2 heterocycles. The van der Waals surface area contributed by atoms with E-state index in [4.69, 9.17) is 0 Å². The SMILES string of the molecule is Cc1c(Br)ccc2nc(-c3ccccc3)cn12. The molecule has 0 spiro atoms. The average Bonchev–Trinajstić information content (AvgIpc) is 2.80. The summed E-state index contributed by atoms with van der Waals surface area (Å²) in [6.07, 6.45) is 2.07. The summed E-state index contributed by atoms with van der Waals surface area (Å²) in [4.78, 5) is 4.63. The van der Waals surface area contributed by atoms with Crippen LogP contribution in [0.4, 0.5) is 0 Å². The third-order valence-electron chi connectivity index (χ3n) is 2.89. The van der Waals surface area contributed by atoms with E-state index in [1.807, 2.05) is 30.3 Å². The Kier molecular flexibility index (Phi) is 2.48. The van der Waals surface area contributed by atoms with Crippen molar-refractivity contribution in [3.05, 3.63) is 58.8 Å². The van der Waals surface area contributed by atoms with Crippen molar-refractivity contribution in [2.24, 2.45) is 0 Å². The molecule has 0 N–H and O–H groups in total. The van der Waals surface area contributed by atoms with Gasteiger partial charge in [0.25, 0.3) is 0 Å². The quantitative estimate of drug-likeness (QED) is 0.659. The maximum absolute atomic E-state index is 4.63. The van der Waals surface area contributed by atoms with Gasteiger partial charge in [0, 0.05) is 21.9 Å². The Morgan fingerprint density at radius 2 is 1.82 bits per heavy atom. The van der Waals surface area contributed by atoms with E-state index >= 15 is 0 Å². The van der Waals surface area contributed by atoms with E-state index in [1.54, 1.807) is 0 Å². The van der Waals surface area contributed by atoms with Gasteiger partial charge in [-0.3, -0.25) is 0 Å². The van der Waals surface area contributed by atoms with Crippen LogP contribution in [0.3, 0.4) is 0 Å². The molecule has 0 amide bonds. The second-order valence-electron chi connectivity index (χ2n) is 3.99. The molecular formula is C14H11BrN2. The first-order chi connectivity index (χ1) is 8.25. The Morgan fingerprint density at radius 1 is 1.06 bits per heavy atom. The van der Waals surface area contributed by atoms with Crippen molar-refractivity contribution in [2.45, 2.75) is 6.92 Å². The summed E-state index contributed by atoms with van der Waals surface area (Å²) >= 11 is 3.53. The summed E-state index contributed by atoms with van der Waals surface area (Å²) in [7, 11) is 0. The molecule has 0 saturated heterocycles. The number of benzene rings is 1. The highest BCUT2D eigenvalue weighted by Crippen LogP contribution is 2.23. The van der Waals surface area contributed by atoms with E-state index in [0.29, 0.717) is 0 Å². The van der Waals surface area contributed by atoms with E-state index in [9.17, 15) is 0 Å². The molecule has 17 heavy (non-hydrogen) atoms. The number of halogens is 1. The molecule has 0 fully saturated rings. The normalized spacial score (nSPS) is 10.9. The van der Waals surface area contributed by atoms with Crippen molar-refractivity contribution in [2.75, 3.05) is 0 Å². The number of imidazole rings is 1. The van der Waals surface area contributed by atoms with Gasteiger partial charge in [0.05, 0.1) is 5.69 Å². The van der Waals surface area contributed by atoms with Gasteiger partial charge in [-0.1, -0.05) is 30.3 Å². The molecule has 2 nitrogen and oxygen atoms in total. The maximum Gasteiger partial charge on any atom is 0.137 e. The van der Waals surface area contributed by atoms with E-state index in [1.165, 1.54) is 0 Å². The van der Waals surface area contributed by atoms with Gasteiger partial charge >= 0.3 is 0 Å². The second-order valence-corrected chi connectivity index (χ2v) is 4.84. The van der Waals surface area contributed by atoms with Gasteiger partial charge < -0.3 is 4.40 Å². The van der Waals surface area contributed by atoms with Crippen molar-refractivity contribution in [1.82, 2.24) is 9.38 Å². The predicted molar refractivity (Wildman–Crippen MR) is 73.1 cm³/mol. The Bertz CT molecular complexity index is 671. The highest BCUT2D eigenvalue weighted by Gasteiger charge is 2.06. The van der Waals surface area contributed by atoms with E-state index < -0.39 is 0 Å². The number of pyridine rings is 1. The smallest absolute Gasteiger partial charge is 0.137 e. The standard InChI is InChI=1S/C14H11BrN2/c1-10-12(15)7-8-14-16-13(9-17(10)14)11-5-3-2-4-6-11/h2-9H,1H3. The summed E-state index contributed by atoms with van der Waals surface area (Å²) in [6.45, 7) is 2.08. The van der Waals surface area contributed by atoms with Gasteiger partial charge in [-0.05, 0) is 35.0 Å². The summed E-state index contributed by atoms with van der Waals surface area (Å²) in [5, 5.41) is 0. The zero-order valence-electron chi connectivity index (χ0n) is 9.39. The molecule has 0 atom stereocenters. The Labute approximate surface area is 108 Å². The predicted octanol–water partition coefficient (Wildman–Crippen LogP) is 4.07. The molecule has 0 unspecified atom stereocenters. The lowest BCUT2D eigenvalue weighted by atomic mass is 10.2. The van der Waals surface area contributed by atoms with Gasteiger partial charge in [-0.2, -0.15) is 0 Å². The van der Waals surface area contributed by atoms with Crippen LogP contribution in [0.25, 0.3) is 16.9 Å². The van der Waals surface area contributed by atoms with Crippen molar-refractivity contribution in [3.8, 4) is 11.3 Å². The number of rotatable bonds is 1. The molecule has 3 rings (SSSR count). The fraction of sp³-hybridized carbons (Fsp3) is 0.0714. The second kappa shape index (κ2) is 4.00. The van der Waals surface area contributed by atoms with Crippen molar-refractivity contribution in [1.29, 1.82) is 0 Å². The first kappa shape index (κ1) is 10.5. The van der Waals surface area contributed by atoms with Crippen LogP contribution in [0.2, 0.25) is 0 Å². The minimum atomic E-state index is 0.976. The summed E-state index contributed by atoms with van der Waals surface area (Å²) < 4.78 is 3.20. The topological polar surface area (TPSA) is 17.3 Å². The summed E-state index contributed by atoms with van der Waals surface area (Å²) in [5.41, 5.74) is 4.29. The van der Waals surface area contributed by atoms with E-state index in [0.717, 1.165) is 27.1 Å². The summed E-state index contributed by atoms with van der Waals surface area (Å²) in [6, 6.07) is 14.3. The molecular weight excluding hydrogens is 276 g/mol. The summed E-state index contributed by atoms with van der Waals surface area (Å²) in [5.74, 6) is 0. The molecule has 2 aromatic heterocycles. The fourth-order valence-electron chi connectivity index (χ4n) is 1.91. The number of nitrogens with zero attached hydrogens (tertiary/aromatic N) is 2. The minimum absolute atomic E-state index is 0.976.